The minimum absolute atomic E-state index is 0.0177. The highest BCUT2D eigenvalue weighted by Crippen LogP contribution is 2.16. The van der Waals surface area contributed by atoms with E-state index in [9.17, 15) is 4.79 Å². The van der Waals surface area contributed by atoms with Gasteiger partial charge in [-0.25, -0.2) is 0 Å². The van der Waals surface area contributed by atoms with Crippen molar-refractivity contribution in [2.24, 2.45) is 0 Å². The fraction of sp³-hybridized carbons (Fsp3) is 0.500. The monoisotopic (exact) mass is 250 g/mol. The Labute approximate surface area is 109 Å². The Morgan fingerprint density at radius 3 is 2.56 bits per heavy atom. The Kier molecular flexibility index (Phi) is 5.16. The van der Waals surface area contributed by atoms with Gasteiger partial charge in [-0.1, -0.05) is 18.2 Å². The van der Waals surface area contributed by atoms with Gasteiger partial charge in [0.2, 0.25) is 5.91 Å². The van der Waals surface area contributed by atoms with Crippen LogP contribution in [0.15, 0.2) is 24.3 Å². The molecule has 0 spiro atoms. The summed E-state index contributed by atoms with van der Waals surface area (Å²) in [6, 6.07) is 7.66. The van der Waals surface area contributed by atoms with Gasteiger partial charge in [-0.3, -0.25) is 4.79 Å². The van der Waals surface area contributed by atoms with Gasteiger partial charge in [0.05, 0.1) is 13.7 Å². The first-order chi connectivity index (χ1) is 8.42. The third-order valence-corrected chi connectivity index (χ3v) is 2.45. The highest BCUT2D eigenvalue weighted by molar-refractivity contribution is 5.78. The van der Waals surface area contributed by atoms with Crippen molar-refractivity contribution in [3.05, 3.63) is 29.8 Å². The van der Waals surface area contributed by atoms with Gasteiger partial charge >= 0.3 is 0 Å². The van der Waals surface area contributed by atoms with Crippen molar-refractivity contribution in [1.82, 2.24) is 10.6 Å². The molecule has 0 aliphatic carbocycles. The van der Waals surface area contributed by atoms with Gasteiger partial charge in [0.25, 0.3) is 0 Å². The SMILES string of the molecule is COc1ccccc1CNC(=O)CNC(C)(C)C. The molecule has 0 heterocycles. The van der Waals surface area contributed by atoms with Gasteiger partial charge in [-0.05, 0) is 26.8 Å². The summed E-state index contributed by atoms with van der Waals surface area (Å²) in [4.78, 5) is 11.6. The zero-order chi connectivity index (χ0) is 13.6. The Morgan fingerprint density at radius 2 is 1.94 bits per heavy atom. The van der Waals surface area contributed by atoms with Gasteiger partial charge in [-0.15, -0.1) is 0 Å². The second kappa shape index (κ2) is 6.40. The molecule has 0 saturated heterocycles. The molecule has 4 heteroatoms. The third-order valence-electron chi connectivity index (χ3n) is 2.45. The van der Waals surface area contributed by atoms with Crippen LogP contribution in [0.1, 0.15) is 26.3 Å². The van der Waals surface area contributed by atoms with Crippen LogP contribution >= 0.6 is 0 Å². The molecule has 0 unspecified atom stereocenters. The molecule has 0 fully saturated rings. The normalized spacial score (nSPS) is 11.1. The third kappa shape index (κ3) is 5.19. The maximum absolute atomic E-state index is 11.6. The minimum atomic E-state index is -0.0538. The Hall–Kier alpha value is -1.55. The van der Waals surface area contributed by atoms with Crippen LogP contribution in [0.5, 0.6) is 5.75 Å². The van der Waals surface area contributed by atoms with Crippen LogP contribution in [0, 0.1) is 0 Å². The summed E-state index contributed by atoms with van der Waals surface area (Å²) < 4.78 is 5.22. The summed E-state index contributed by atoms with van der Waals surface area (Å²) in [5.74, 6) is 0.775. The highest BCUT2D eigenvalue weighted by Gasteiger charge is 2.11. The number of carbonyl (C=O) groups is 1. The minimum Gasteiger partial charge on any atom is -0.496 e. The first-order valence-corrected chi connectivity index (χ1v) is 6.06. The summed E-state index contributed by atoms with van der Waals surface area (Å²) in [5.41, 5.74) is 0.922. The second-order valence-electron chi connectivity index (χ2n) is 5.19. The fourth-order valence-electron chi connectivity index (χ4n) is 1.45. The van der Waals surface area contributed by atoms with Crippen LogP contribution in [0.2, 0.25) is 0 Å². The van der Waals surface area contributed by atoms with E-state index in [1.54, 1.807) is 7.11 Å². The van der Waals surface area contributed by atoms with Crippen LogP contribution in [-0.4, -0.2) is 25.1 Å². The number of methoxy groups -OCH3 is 1. The van der Waals surface area contributed by atoms with Crippen molar-refractivity contribution < 1.29 is 9.53 Å². The Bertz CT molecular complexity index is 397. The van der Waals surface area contributed by atoms with Gasteiger partial charge in [0.1, 0.15) is 5.75 Å². The summed E-state index contributed by atoms with van der Waals surface area (Å²) in [7, 11) is 1.63. The highest BCUT2D eigenvalue weighted by atomic mass is 16.5. The summed E-state index contributed by atoms with van der Waals surface area (Å²) in [5, 5.41) is 6.01. The molecule has 4 nitrogen and oxygen atoms in total. The second-order valence-corrected chi connectivity index (χ2v) is 5.19. The number of carbonyl (C=O) groups excluding carboxylic acids is 1. The molecule has 0 saturated carbocycles. The molecule has 0 radical (unpaired) electrons. The topological polar surface area (TPSA) is 50.4 Å². The predicted octanol–water partition coefficient (Wildman–Crippen LogP) is 1.70. The van der Waals surface area contributed by atoms with E-state index in [0.717, 1.165) is 11.3 Å². The number of para-hydroxylation sites is 1. The van der Waals surface area contributed by atoms with E-state index in [-0.39, 0.29) is 11.4 Å². The number of rotatable bonds is 5. The number of hydrogen-bond donors (Lipinski definition) is 2. The molecule has 2 N–H and O–H groups in total. The number of amides is 1. The van der Waals surface area contributed by atoms with E-state index in [0.29, 0.717) is 13.1 Å². The van der Waals surface area contributed by atoms with Crippen molar-refractivity contribution in [3.8, 4) is 5.75 Å². The smallest absolute Gasteiger partial charge is 0.234 e. The average Bonchev–Trinajstić information content (AvgIpc) is 2.33. The largest absolute Gasteiger partial charge is 0.496 e. The van der Waals surface area contributed by atoms with Gasteiger partial charge in [0.15, 0.2) is 0 Å². The molecule has 18 heavy (non-hydrogen) atoms. The van der Waals surface area contributed by atoms with Crippen LogP contribution in [0.3, 0.4) is 0 Å². The molecule has 0 bridgehead atoms. The molecule has 1 amide bonds. The first kappa shape index (κ1) is 14.5. The molecule has 0 aliphatic heterocycles. The summed E-state index contributed by atoms with van der Waals surface area (Å²) >= 11 is 0. The summed E-state index contributed by atoms with van der Waals surface area (Å²) in [6.07, 6.45) is 0. The van der Waals surface area contributed by atoms with Crippen molar-refractivity contribution in [1.29, 1.82) is 0 Å². The maximum Gasteiger partial charge on any atom is 0.234 e. The average molecular weight is 250 g/mol. The molecule has 1 rings (SSSR count). The Balaban J connectivity index is 2.43. The number of benzene rings is 1. The van der Waals surface area contributed by atoms with Crippen molar-refractivity contribution in [2.45, 2.75) is 32.9 Å². The lowest BCUT2D eigenvalue weighted by atomic mass is 10.1. The fourth-order valence-corrected chi connectivity index (χ4v) is 1.45. The zero-order valence-electron chi connectivity index (χ0n) is 11.5. The summed E-state index contributed by atoms with van der Waals surface area (Å²) in [6.45, 7) is 6.88. The lowest BCUT2D eigenvalue weighted by Gasteiger charge is -2.20. The van der Waals surface area contributed by atoms with E-state index >= 15 is 0 Å². The van der Waals surface area contributed by atoms with Crippen LogP contribution < -0.4 is 15.4 Å². The number of nitrogens with one attached hydrogen (secondary N) is 2. The Morgan fingerprint density at radius 1 is 1.28 bits per heavy atom. The number of hydrogen-bond acceptors (Lipinski definition) is 3. The molecule has 1 aromatic carbocycles. The van der Waals surface area contributed by atoms with E-state index in [1.807, 2.05) is 45.0 Å². The number of ether oxygens (including phenoxy) is 1. The van der Waals surface area contributed by atoms with E-state index < -0.39 is 0 Å². The maximum atomic E-state index is 11.6. The van der Waals surface area contributed by atoms with Crippen molar-refractivity contribution >= 4 is 5.91 Å². The molecule has 100 valence electrons. The van der Waals surface area contributed by atoms with Crippen LogP contribution in [0.25, 0.3) is 0 Å². The lowest BCUT2D eigenvalue weighted by molar-refractivity contribution is -0.120. The molecule has 0 aliphatic rings. The van der Waals surface area contributed by atoms with E-state index in [2.05, 4.69) is 10.6 Å². The van der Waals surface area contributed by atoms with Gasteiger partial charge in [-0.2, -0.15) is 0 Å². The molecule has 1 aromatic rings. The standard InChI is InChI=1S/C14H22N2O2/c1-14(2,3)16-10-13(17)15-9-11-7-5-6-8-12(11)18-4/h5-8,16H,9-10H2,1-4H3,(H,15,17). The first-order valence-electron chi connectivity index (χ1n) is 6.06. The molecule has 0 aromatic heterocycles. The molecular formula is C14H22N2O2. The quantitative estimate of drug-likeness (QED) is 0.836. The van der Waals surface area contributed by atoms with Crippen molar-refractivity contribution in [3.63, 3.8) is 0 Å². The van der Waals surface area contributed by atoms with E-state index in [1.165, 1.54) is 0 Å². The van der Waals surface area contributed by atoms with Gasteiger partial charge in [0, 0.05) is 17.6 Å². The van der Waals surface area contributed by atoms with Crippen LogP contribution in [0.4, 0.5) is 0 Å². The van der Waals surface area contributed by atoms with Crippen molar-refractivity contribution in [2.75, 3.05) is 13.7 Å². The zero-order valence-corrected chi connectivity index (χ0v) is 11.5. The van der Waals surface area contributed by atoms with E-state index in [4.69, 9.17) is 4.74 Å². The van der Waals surface area contributed by atoms with Gasteiger partial charge < -0.3 is 15.4 Å². The lowest BCUT2D eigenvalue weighted by Crippen LogP contribution is -2.43. The van der Waals surface area contributed by atoms with Crippen LogP contribution in [-0.2, 0) is 11.3 Å². The molecule has 0 atom stereocenters. The predicted molar refractivity (Wildman–Crippen MR) is 72.6 cm³/mol. The molecular weight excluding hydrogens is 228 g/mol.